The van der Waals surface area contributed by atoms with Crippen molar-refractivity contribution in [3.63, 3.8) is 0 Å². The van der Waals surface area contributed by atoms with E-state index in [2.05, 4.69) is 20.0 Å². The molecule has 0 radical (unpaired) electrons. The van der Waals surface area contributed by atoms with Crippen LogP contribution in [0.5, 0.6) is 5.75 Å². The fraction of sp³-hybridized carbons (Fsp3) is 0.333. The van der Waals surface area contributed by atoms with E-state index in [0.29, 0.717) is 11.6 Å². The summed E-state index contributed by atoms with van der Waals surface area (Å²) in [6.45, 7) is 2.68. The molecular formula is C18H20BClO2. The summed E-state index contributed by atoms with van der Waals surface area (Å²) in [5.41, 5.74) is 2.17. The van der Waals surface area contributed by atoms with Crippen molar-refractivity contribution in [2.24, 2.45) is 0 Å². The zero-order valence-electron chi connectivity index (χ0n) is 13.0. The molecule has 1 fully saturated rings. The Morgan fingerprint density at radius 3 is 2.59 bits per heavy atom. The molecule has 0 atom stereocenters. The standard InChI is InChI=1S/C18H20BClO2/c1-13-7-8-17(16(20)9-13)22-18(19)10-15(11-18)21-12-14-5-3-2-4-6-14/h2-9,15H,10-12,19H2,1H3. The van der Waals surface area contributed by atoms with Gasteiger partial charge in [0.25, 0.3) is 0 Å². The van der Waals surface area contributed by atoms with Crippen LogP contribution in [0.1, 0.15) is 24.0 Å². The molecule has 2 aromatic rings. The smallest absolute Gasteiger partial charge is 0.159 e. The molecule has 0 spiro atoms. The van der Waals surface area contributed by atoms with E-state index in [0.717, 1.165) is 24.2 Å². The maximum atomic E-state index is 6.24. The number of hydrogen-bond acceptors (Lipinski definition) is 2. The van der Waals surface area contributed by atoms with E-state index in [1.54, 1.807) is 0 Å². The Hall–Kier alpha value is -1.45. The Kier molecular flexibility index (Phi) is 4.46. The van der Waals surface area contributed by atoms with Crippen LogP contribution >= 0.6 is 11.6 Å². The number of hydrogen-bond donors (Lipinski definition) is 0. The van der Waals surface area contributed by atoms with Crippen molar-refractivity contribution in [2.75, 3.05) is 0 Å². The van der Waals surface area contributed by atoms with Crippen LogP contribution in [0.2, 0.25) is 5.02 Å². The van der Waals surface area contributed by atoms with Gasteiger partial charge in [-0.2, -0.15) is 0 Å². The molecule has 0 amide bonds. The topological polar surface area (TPSA) is 18.5 Å². The van der Waals surface area contributed by atoms with Crippen molar-refractivity contribution < 1.29 is 9.47 Å². The minimum Gasteiger partial charge on any atom is -0.495 e. The maximum absolute atomic E-state index is 6.24. The van der Waals surface area contributed by atoms with Gasteiger partial charge in [0, 0.05) is 12.8 Å². The van der Waals surface area contributed by atoms with Crippen LogP contribution in [0.3, 0.4) is 0 Å². The molecule has 0 unspecified atom stereocenters. The van der Waals surface area contributed by atoms with Crippen molar-refractivity contribution >= 4 is 19.4 Å². The number of aryl methyl sites for hydroxylation is 1. The van der Waals surface area contributed by atoms with Crippen LogP contribution in [0.4, 0.5) is 0 Å². The molecule has 0 bridgehead atoms. The Labute approximate surface area is 137 Å². The van der Waals surface area contributed by atoms with E-state index in [1.165, 1.54) is 5.56 Å². The van der Waals surface area contributed by atoms with Gasteiger partial charge in [-0.3, -0.25) is 0 Å². The second kappa shape index (κ2) is 6.35. The summed E-state index contributed by atoms with van der Waals surface area (Å²) in [5.74, 6) is 0.760. The maximum Gasteiger partial charge on any atom is 0.159 e. The summed E-state index contributed by atoms with van der Waals surface area (Å²) >= 11 is 6.24. The molecule has 2 aromatic carbocycles. The van der Waals surface area contributed by atoms with Crippen molar-refractivity contribution in [1.29, 1.82) is 0 Å². The van der Waals surface area contributed by atoms with E-state index in [1.807, 2.05) is 43.3 Å². The fourth-order valence-corrected chi connectivity index (χ4v) is 3.12. The summed E-state index contributed by atoms with van der Waals surface area (Å²) in [7, 11) is 2.12. The first kappa shape index (κ1) is 15.5. The van der Waals surface area contributed by atoms with Crippen molar-refractivity contribution in [2.45, 2.75) is 38.0 Å². The molecule has 1 saturated carbocycles. The quantitative estimate of drug-likeness (QED) is 0.783. The van der Waals surface area contributed by atoms with Crippen molar-refractivity contribution in [3.8, 4) is 5.75 Å². The minimum atomic E-state index is -0.180. The molecule has 0 N–H and O–H groups in total. The number of halogens is 1. The van der Waals surface area contributed by atoms with Crippen molar-refractivity contribution in [1.82, 2.24) is 0 Å². The highest BCUT2D eigenvalue weighted by molar-refractivity contribution is 6.32. The van der Waals surface area contributed by atoms with E-state index < -0.39 is 0 Å². The predicted octanol–water partition coefficient (Wildman–Crippen LogP) is 3.74. The van der Waals surface area contributed by atoms with Gasteiger partial charge < -0.3 is 9.47 Å². The highest BCUT2D eigenvalue weighted by atomic mass is 35.5. The normalized spacial score (nSPS) is 23.8. The average molecular weight is 315 g/mol. The van der Waals surface area contributed by atoms with Crippen LogP contribution in [0, 0.1) is 6.92 Å². The third-order valence-electron chi connectivity index (χ3n) is 4.09. The summed E-state index contributed by atoms with van der Waals surface area (Å²) in [4.78, 5) is 0. The average Bonchev–Trinajstić information content (AvgIpc) is 2.47. The number of benzene rings is 2. The highest BCUT2D eigenvalue weighted by Crippen LogP contribution is 2.39. The van der Waals surface area contributed by atoms with Crippen LogP contribution in [-0.2, 0) is 11.3 Å². The first-order valence-electron chi connectivity index (χ1n) is 7.65. The molecule has 0 aromatic heterocycles. The Balaban J connectivity index is 1.51. The van der Waals surface area contributed by atoms with Gasteiger partial charge in [0.05, 0.1) is 23.2 Å². The molecule has 0 saturated heterocycles. The molecule has 0 aliphatic heterocycles. The number of ether oxygens (including phenoxy) is 2. The van der Waals surface area contributed by atoms with Gasteiger partial charge >= 0.3 is 0 Å². The SMILES string of the molecule is BC1(Oc2ccc(C)cc2Cl)CC(OCc2ccccc2)C1. The molecule has 3 rings (SSSR count). The van der Waals surface area contributed by atoms with Gasteiger partial charge in [0.1, 0.15) is 5.75 Å². The van der Waals surface area contributed by atoms with Gasteiger partial charge in [-0.25, -0.2) is 0 Å². The molecule has 0 heterocycles. The van der Waals surface area contributed by atoms with Crippen LogP contribution in [0.25, 0.3) is 0 Å². The molecule has 22 heavy (non-hydrogen) atoms. The van der Waals surface area contributed by atoms with Gasteiger partial charge in [-0.15, -0.1) is 0 Å². The number of rotatable bonds is 5. The summed E-state index contributed by atoms with van der Waals surface area (Å²) in [6.07, 6.45) is 2.04. The molecule has 114 valence electrons. The van der Waals surface area contributed by atoms with Crippen LogP contribution < -0.4 is 4.74 Å². The Morgan fingerprint density at radius 2 is 1.91 bits per heavy atom. The largest absolute Gasteiger partial charge is 0.495 e. The monoisotopic (exact) mass is 314 g/mol. The van der Waals surface area contributed by atoms with Gasteiger partial charge in [0.2, 0.25) is 0 Å². The van der Waals surface area contributed by atoms with Crippen LogP contribution in [0.15, 0.2) is 48.5 Å². The third-order valence-corrected chi connectivity index (χ3v) is 4.39. The first-order chi connectivity index (χ1) is 10.5. The molecule has 2 nitrogen and oxygen atoms in total. The Bertz CT molecular complexity index is 639. The lowest BCUT2D eigenvalue weighted by Gasteiger charge is -2.45. The first-order valence-corrected chi connectivity index (χ1v) is 8.03. The highest BCUT2D eigenvalue weighted by Gasteiger charge is 2.43. The summed E-state index contributed by atoms with van der Waals surface area (Å²) in [5, 5.41) is 0.676. The summed E-state index contributed by atoms with van der Waals surface area (Å²) in [6, 6.07) is 16.2. The lowest BCUT2D eigenvalue weighted by Crippen LogP contribution is -2.53. The molecule has 4 heteroatoms. The second-order valence-corrected chi connectivity index (χ2v) is 6.72. The van der Waals surface area contributed by atoms with E-state index in [-0.39, 0.29) is 11.6 Å². The lowest BCUT2D eigenvalue weighted by atomic mass is 9.63. The fourth-order valence-electron chi connectivity index (χ4n) is 2.85. The van der Waals surface area contributed by atoms with E-state index >= 15 is 0 Å². The molecule has 1 aliphatic rings. The third kappa shape index (κ3) is 3.65. The predicted molar refractivity (Wildman–Crippen MR) is 92.3 cm³/mol. The molecule has 1 aliphatic carbocycles. The van der Waals surface area contributed by atoms with E-state index in [4.69, 9.17) is 21.1 Å². The van der Waals surface area contributed by atoms with Gasteiger partial charge in [0.15, 0.2) is 7.85 Å². The van der Waals surface area contributed by atoms with Gasteiger partial charge in [-0.05, 0) is 30.2 Å². The van der Waals surface area contributed by atoms with E-state index in [9.17, 15) is 0 Å². The van der Waals surface area contributed by atoms with Crippen molar-refractivity contribution in [3.05, 3.63) is 64.7 Å². The van der Waals surface area contributed by atoms with Crippen LogP contribution in [-0.4, -0.2) is 19.5 Å². The second-order valence-electron chi connectivity index (χ2n) is 6.31. The summed E-state index contributed by atoms with van der Waals surface area (Å²) < 4.78 is 12.0. The molecular weight excluding hydrogens is 294 g/mol. The zero-order valence-corrected chi connectivity index (χ0v) is 13.8. The Morgan fingerprint density at radius 1 is 1.18 bits per heavy atom. The minimum absolute atomic E-state index is 0.180. The lowest BCUT2D eigenvalue weighted by molar-refractivity contribution is -0.0886. The van der Waals surface area contributed by atoms with Gasteiger partial charge in [-0.1, -0.05) is 48.0 Å². The zero-order chi connectivity index (χ0) is 15.6.